The molecule has 2 aromatic heterocycles. The average molecular weight is 332 g/mol. The minimum atomic E-state index is -0.649. The highest BCUT2D eigenvalue weighted by Gasteiger charge is 2.39. The summed E-state index contributed by atoms with van der Waals surface area (Å²) in [5.41, 5.74) is 2.60. The molecule has 0 amide bonds. The van der Waals surface area contributed by atoms with E-state index in [0.717, 1.165) is 22.7 Å². The minimum absolute atomic E-state index is 0.363. The quantitative estimate of drug-likeness (QED) is 0.566. The molecule has 3 rings (SSSR count). The Balaban J connectivity index is 1.84. The minimum Gasteiger partial charge on any atom is -0.361 e. The number of hydrogen-bond acceptors (Lipinski definition) is 8. The van der Waals surface area contributed by atoms with Crippen LogP contribution < -0.4 is 4.90 Å². The third kappa shape index (κ3) is 2.72. The van der Waals surface area contributed by atoms with E-state index in [1.165, 1.54) is 0 Å². The molecule has 0 aliphatic carbocycles. The maximum Gasteiger partial charge on any atom is 0.233 e. The Bertz CT molecular complexity index is 748. The van der Waals surface area contributed by atoms with Gasteiger partial charge in [-0.15, -0.1) is 0 Å². The number of hydrogen-bond donors (Lipinski definition) is 0. The Kier molecular flexibility index (Phi) is 4.20. The monoisotopic (exact) mass is 332 g/mol. The number of aryl methyl sites for hydroxylation is 2. The first-order valence-electron chi connectivity index (χ1n) is 7.56. The van der Waals surface area contributed by atoms with Crippen LogP contribution in [0, 0.1) is 13.8 Å². The SMILES string of the molecule is Cc1noc(C)c1Cn1cc(N2CN(C)N(C)C2C(=O)C=O)cn1. The second-order valence-corrected chi connectivity index (χ2v) is 5.94. The van der Waals surface area contributed by atoms with Gasteiger partial charge in [0.2, 0.25) is 5.78 Å². The van der Waals surface area contributed by atoms with Gasteiger partial charge in [-0.1, -0.05) is 5.16 Å². The third-order valence-corrected chi connectivity index (χ3v) is 4.37. The number of anilines is 1. The molecule has 1 fully saturated rings. The van der Waals surface area contributed by atoms with Crippen LogP contribution in [0.25, 0.3) is 0 Å². The lowest BCUT2D eigenvalue weighted by Gasteiger charge is -2.24. The van der Waals surface area contributed by atoms with Gasteiger partial charge in [0.05, 0.1) is 30.8 Å². The van der Waals surface area contributed by atoms with Crippen molar-refractivity contribution in [3.05, 3.63) is 29.4 Å². The van der Waals surface area contributed by atoms with Crippen molar-refractivity contribution in [1.82, 2.24) is 25.0 Å². The molecule has 3 heterocycles. The fourth-order valence-electron chi connectivity index (χ4n) is 2.88. The van der Waals surface area contributed by atoms with E-state index in [1.807, 2.05) is 37.0 Å². The van der Waals surface area contributed by atoms with Crippen LogP contribution >= 0.6 is 0 Å². The van der Waals surface area contributed by atoms with E-state index in [-0.39, 0.29) is 0 Å². The van der Waals surface area contributed by atoms with Crippen molar-refractivity contribution in [3.63, 3.8) is 0 Å². The predicted molar refractivity (Wildman–Crippen MR) is 85.0 cm³/mol. The molecular formula is C15H20N6O3. The molecule has 1 unspecified atom stereocenters. The number of likely N-dealkylation sites (N-methyl/N-ethyl adjacent to an activating group) is 1. The van der Waals surface area contributed by atoms with Crippen molar-refractivity contribution in [3.8, 4) is 0 Å². The van der Waals surface area contributed by atoms with Crippen LogP contribution in [0.1, 0.15) is 17.0 Å². The van der Waals surface area contributed by atoms with Crippen LogP contribution in [-0.2, 0) is 16.1 Å². The molecule has 9 heteroatoms. The fourth-order valence-corrected chi connectivity index (χ4v) is 2.88. The van der Waals surface area contributed by atoms with Gasteiger partial charge in [-0.25, -0.2) is 10.0 Å². The van der Waals surface area contributed by atoms with Crippen molar-refractivity contribution in [2.75, 3.05) is 25.7 Å². The summed E-state index contributed by atoms with van der Waals surface area (Å²) in [7, 11) is 3.64. The van der Waals surface area contributed by atoms with Crippen LogP contribution in [0.3, 0.4) is 0 Å². The molecule has 1 atom stereocenters. The van der Waals surface area contributed by atoms with E-state index >= 15 is 0 Å². The summed E-state index contributed by atoms with van der Waals surface area (Å²) in [6.07, 6.45) is 3.26. The first-order chi connectivity index (χ1) is 11.4. The van der Waals surface area contributed by atoms with Crippen LogP contribution in [0.4, 0.5) is 5.69 Å². The van der Waals surface area contributed by atoms with Crippen molar-refractivity contribution in [2.45, 2.75) is 26.6 Å². The summed E-state index contributed by atoms with van der Waals surface area (Å²) in [5, 5.41) is 11.9. The topological polar surface area (TPSA) is 87.7 Å². The molecule has 1 aliphatic rings. The van der Waals surface area contributed by atoms with Gasteiger partial charge in [-0.2, -0.15) is 5.10 Å². The number of carbonyl (C=O) groups is 2. The molecule has 1 saturated heterocycles. The molecule has 9 nitrogen and oxygen atoms in total. The molecule has 0 bridgehead atoms. The predicted octanol–water partition coefficient (Wildman–Crippen LogP) is 0.186. The zero-order valence-corrected chi connectivity index (χ0v) is 14.1. The Hall–Kier alpha value is -2.52. The van der Waals surface area contributed by atoms with E-state index in [2.05, 4.69) is 10.3 Å². The molecule has 0 saturated carbocycles. The maximum atomic E-state index is 12.0. The summed E-state index contributed by atoms with van der Waals surface area (Å²) >= 11 is 0. The third-order valence-electron chi connectivity index (χ3n) is 4.37. The number of hydrazine groups is 1. The second kappa shape index (κ2) is 6.17. The number of ketones is 1. The van der Waals surface area contributed by atoms with Gasteiger partial charge in [-0.05, 0) is 13.8 Å². The second-order valence-electron chi connectivity index (χ2n) is 5.94. The number of carbonyl (C=O) groups excluding carboxylic acids is 2. The van der Waals surface area contributed by atoms with Crippen molar-refractivity contribution < 1.29 is 14.1 Å². The molecular weight excluding hydrogens is 312 g/mol. The van der Waals surface area contributed by atoms with E-state index in [1.54, 1.807) is 22.9 Å². The highest BCUT2D eigenvalue weighted by molar-refractivity contribution is 6.28. The molecule has 1 aliphatic heterocycles. The van der Waals surface area contributed by atoms with Gasteiger partial charge in [0.1, 0.15) is 5.76 Å². The van der Waals surface area contributed by atoms with Crippen molar-refractivity contribution >= 4 is 17.8 Å². The number of aromatic nitrogens is 3. The number of aldehydes is 1. The Morgan fingerprint density at radius 3 is 2.79 bits per heavy atom. The van der Waals surface area contributed by atoms with Gasteiger partial charge in [0, 0.05) is 25.9 Å². The van der Waals surface area contributed by atoms with E-state index in [4.69, 9.17) is 4.52 Å². The fraction of sp³-hybridized carbons (Fsp3) is 0.467. The van der Waals surface area contributed by atoms with Crippen molar-refractivity contribution in [1.29, 1.82) is 0 Å². The standard InChI is InChI=1S/C15H20N6O3/c1-10-13(11(2)24-17-10)7-20-6-12(5-16-20)21-9-18(3)19(4)15(21)14(23)8-22/h5-6,8,15H,7,9H2,1-4H3. The highest BCUT2D eigenvalue weighted by atomic mass is 16.5. The zero-order valence-electron chi connectivity index (χ0n) is 14.1. The largest absolute Gasteiger partial charge is 0.361 e. The number of rotatable bonds is 5. The van der Waals surface area contributed by atoms with Crippen LogP contribution in [0.2, 0.25) is 0 Å². The zero-order chi connectivity index (χ0) is 17.4. The van der Waals surface area contributed by atoms with E-state index in [0.29, 0.717) is 19.5 Å². The van der Waals surface area contributed by atoms with Gasteiger partial charge in [-0.3, -0.25) is 14.3 Å². The lowest BCUT2D eigenvalue weighted by molar-refractivity contribution is -0.134. The Labute approximate surface area is 139 Å². The molecule has 0 aromatic carbocycles. The number of Topliss-reactive ketones (excluding diaryl/α,β-unsaturated/α-hetero) is 1. The summed E-state index contributed by atoms with van der Waals surface area (Å²) in [6.45, 7) is 4.78. The maximum absolute atomic E-state index is 12.0. The smallest absolute Gasteiger partial charge is 0.233 e. The van der Waals surface area contributed by atoms with E-state index in [9.17, 15) is 9.59 Å². The van der Waals surface area contributed by atoms with Crippen LogP contribution in [0.5, 0.6) is 0 Å². The summed E-state index contributed by atoms with van der Waals surface area (Å²) in [4.78, 5) is 24.8. The van der Waals surface area contributed by atoms with Gasteiger partial charge in [0.15, 0.2) is 12.5 Å². The van der Waals surface area contributed by atoms with Gasteiger partial charge < -0.3 is 9.42 Å². The summed E-state index contributed by atoms with van der Waals surface area (Å²) in [5.74, 6) is 0.277. The molecule has 0 N–H and O–H groups in total. The Morgan fingerprint density at radius 1 is 1.42 bits per heavy atom. The first-order valence-corrected chi connectivity index (χ1v) is 7.56. The molecule has 0 spiro atoms. The molecule has 24 heavy (non-hydrogen) atoms. The average Bonchev–Trinajstić information content (AvgIpc) is 3.22. The lowest BCUT2D eigenvalue weighted by atomic mass is 10.2. The van der Waals surface area contributed by atoms with Gasteiger partial charge in [0.25, 0.3) is 0 Å². The van der Waals surface area contributed by atoms with Crippen LogP contribution in [-0.4, -0.2) is 64.0 Å². The molecule has 2 aromatic rings. The molecule has 128 valence electrons. The summed E-state index contributed by atoms with van der Waals surface area (Å²) < 4.78 is 6.93. The summed E-state index contributed by atoms with van der Waals surface area (Å²) in [6, 6.07) is 0. The normalized spacial score (nSPS) is 19.2. The highest BCUT2D eigenvalue weighted by Crippen LogP contribution is 2.25. The van der Waals surface area contributed by atoms with Crippen LogP contribution in [0.15, 0.2) is 16.9 Å². The number of nitrogens with zero attached hydrogens (tertiary/aromatic N) is 6. The van der Waals surface area contributed by atoms with E-state index < -0.39 is 11.9 Å². The Morgan fingerprint density at radius 2 is 2.17 bits per heavy atom. The first kappa shape index (κ1) is 16.3. The van der Waals surface area contributed by atoms with Crippen molar-refractivity contribution in [2.24, 2.45) is 0 Å². The molecule has 0 radical (unpaired) electrons. The van der Waals surface area contributed by atoms with Gasteiger partial charge >= 0.3 is 0 Å². The lowest BCUT2D eigenvalue weighted by Crippen LogP contribution is -2.45.